The predicted molar refractivity (Wildman–Crippen MR) is 92.8 cm³/mol. The zero-order valence-electron chi connectivity index (χ0n) is 13.0. The number of nitrogens with zero attached hydrogens (tertiary/aromatic N) is 2. The second kappa shape index (κ2) is 6.77. The maximum Gasteiger partial charge on any atom is 0.358 e. The van der Waals surface area contributed by atoms with Crippen molar-refractivity contribution in [2.75, 3.05) is 7.11 Å². The van der Waals surface area contributed by atoms with Crippen molar-refractivity contribution in [2.24, 2.45) is 0 Å². The van der Waals surface area contributed by atoms with Crippen molar-refractivity contribution in [3.8, 4) is 0 Å². The molecule has 0 saturated carbocycles. The topological polar surface area (TPSA) is 69.2 Å². The van der Waals surface area contributed by atoms with Crippen molar-refractivity contribution in [1.29, 1.82) is 0 Å². The summed E-state index contributed by atoms with van der Waals surface area (Å²) in [6, 6.07) is 18.2. The van der Waals surface area contributed by atoms with E-state index in [4.69, 9.17) is 0 Å². The smallest absolute Gasteiger partial charge is 0.358 e. The van der Waals surface area contributed by atoms with Crippen LogP contribution in [0.2, 0.25) is 0 Å². The normalized spacial score (nSPS) is 11.0. The lowest BCUT2D eigenvalue weighted by molar-refractivity contribution is 0.0594. The summed E-state index contributed by atoms with van der Waals surface area (Å²) in [4.78, 5) is 20.1. The maximum atomic E-state index is 14.0. The van der Waals surface area contributed by atoms with Gasteiger partial charge in [-0.1, -0.05) is 60.7 Å². The molecule has 120 valence electrons. The van der Waals surface area contributed by atoms with E-state index >= 15 is 0 Å². The molecule has 0 fully saturated rings. The molecular formula is C18H15N2O3P. The fourth-order valence-corrected chi connectivity index (χ4v) is 4.89. The minimum atomic E-state index is -3.23. The molecule has 0 amide bonds. The van der Waals surface area contributed by atoms with Crippen LogP contribution in [0.25, 0.3) is 0 Å². The van der Waals surface area contributed by atoms with Gasteiger partial charge in [-0.05, 0) is 0 Å². The van der Waals surface area contributed by atoms with Gasteiger partial charge in [-0.25, -0.2) is 9.78 Å². The summed E-state index contributed by atoms with van der Waals surface area (Å²) in [6.45, 7) is 0. The number of carbonyl (C=O) groups excluding carboxylic acids is 1. The van der Waals surface area contributed by atoms with Crippen molar-refractivity contribution in [3.63, 3.8) is 0 Å². The van der Waals surface area contributed by atoms with E-state index in [0.717, 1.165) is 0 Å². The summed E-state index contributed by atoms with van der Waals surface area (Å²) in [5, 5.41) is 1.26. The monoisotopic (exact) mass is 338 g/mol. The maximum absolute atomic E-state index is 14.0. The number of hydrogen-bond donors (Lipinski definition) is 0. The standard InChI is InChI=1S/C18H15N2O3P/c1-23-18(21)16-12-19-13-17(20-16)24(22,14-8-4-2-5-9-14)15-10-6-3-7-11-15/h2-13H,1H3. The van der Waals surface area contributed by atoms with Gasteiger partial charge in [0, 0.05) is 10.6 Å². The number of esters is 1. The van der Waals surface area contributed by atoms with Crippen molar-refractivity contribution in [3.05, 3.63) is 78.8 Å². The lowest BCUT2D eigenvalue weighted by atomic mass is 10.4. The van der Waals surface area contributed by atoms with Gasteiger partial charge in [0.1, 0.15) is 5.44 Å². The first-order valence-electron chi connectivity index (χ1n) is 7.28. The van der Waals surface area contributed by atoms with Crippen LogP contribution in [0.4, 0.5) is 0 Å². The Morgan fingerprint density at radius 3 is 1.96 bits per heavy atom. The zero-order chi connectivity index (χ0) is 17.0. The van der Waals surface area contributed by atoms with E-state index in [1.807, 2.05) is 36.4 Å². The van der Waals surface area contributed by atoms with E-state index in [-0.39, 0.29) is 11.1 Å². The first-order chi connectivity index (χ1) is 11.7. The second-order valence-electron chi connectivity index (χ2n) is 5.03. The summed E-state index contributed by atoms with van der Waals surface area (Å²) in [5.74, 6) is -0.614. The molecule has 0 unspecified atom stereocenters. The van der Waals surface area contributed by atoms with Gasteiger partial charge in [0.25, 0.3) is 0 Å². The quantitative estimate of drug-likeness (QED) is 0.537. The number of aromatic nitrogens is 2. The molecule has 0 N–H and O–H groups in total. The van der Waals surface area contributed by atoms with Crippen molar-refractivity contribution >= 4 is 29.2 Å². The Bertz CT molecular complexity index is 855. The van der Waals surface area contributed by atoms with Crippen LogP contribution in [0, 0.1) is 0 Å². The van der Waals surface area contributed by atoms with Crippen LogP contribution >= 0.6 is 7.14 Å². The van der Waals surface area contributed by atoms with Crippen molar-refractivity contribution < 1.29 is 14.1 Å². The molecule has 0 saturated heterocycles. The predicted octanol–water partition coefficient (Wildman–Crippen LogP) is 1.90. The van der Waals surface area contributed by atoms with Crippen LogP contribution in [0.1, 0.15) is 10.5 Å². The van der Waals surface area contributed by atoms with Gasteiger partial charge in [-0.3, -0.25) is 4.98 Å². The van der Waals surface area contributed by atoms with Crippen LogP contribution < -0.4 is 16.0 Å². The molecule has 3 aromatic rings. The Kier molecular flexibility index (Phi) is 4.54. The van der Waals surface area contributed by atoms with Crippen LogP contribution in [0.15, 0.2) is 73.1 Å². The van der Waals surface area contributed by atoms with Crippen molar-refractivity contribution in [1.82, 2.24) is 9.97 Å². The molecular weight excluding hydrogens is 323 g/mol. The number of methoxy groups -OCH3 is 1. The van der Waals surface area contributed by atoms with Gasteiger partial charge in [0.05, 0.1) is 19.5 Å². The van der Waals surface area contributed by atoms with E-state index in [1.54, 1.807) is 24.3 Å². The fraction of sp³-hybridized carbons (Fsp3) is 0.0556. The minimum Gasteiger partial charge on any atom is -0.464 e. The SMILES string of the molecule is COC(=O)c1cncc(P(=O)(c2ccccc2)c2ccccc2)n1. The molecule has 0 bridgehead atoms. The Labute approximate surface area is 139 Å². The number of ether oxygens (including phenoxy) is 1. The van der Waals surface area contributed by atoms with Gasteiger partial charge in [-0.2, -0.15) is 0 Å². The number of carbonyl (C=O) groups is 1. The van der Waals surface area contributed by atoms with E-state index in [9.17, 15) is 9.36 Å². The zero-order valence-corrected chi connectivity index (χ0v) is 13.9. The molecule has 2 aromatic carbocycles. The van der Waals surface area contributed by atoms with Crippen LogP contribution in [-0.2, 0) is 9.30 Å². The molecule has 0 spiro atoms. The summed E-state index contributed by atoms with van der Waals surface area (Å²) < 4.78 is 18.7. The minimum absolute atomic E-state index is 0.0297. The van der Waals surface area contributed by atoms with Gasteiger partial charge in [0.15, 0.2) is 12.8 Å². The Morgan fingerprint density at radius 1 is 0.917 bits per heavy atom. The first-order valence-corrected chi connectivity index (χ1v) is 8.99. The van der Waals surface area contributed by atoms with Gasteiger partial charge < -0.3 is 9.30 Å². The molecule has 1 heterocycles. The molecule has 3 rings (SSSR count). The highest BCUT2D eigenvalue weighted by Gasteiger charge is 2.32. The van der Waals surface area contributed by atoms with Gasteiger partial charge in [0.2, 0.25) is 0 Å². The second-order valence-corrected chi connectivity index (χ2v) is 7.74. The summed E-state index contributed by atoms with van der Waals surface area (Å²) in [7, 11) is -1.97. The van der Waals surface area contributed by atoms with E-state index in [1.165, 1.54) is 19.5 Å². The molecule has 1 aromatic heterocycles. The lowest BCUT2D eigenvalue weighted by Gasteiger charge is -2.18. The average molecular weight is 338 g/mol. The van der Waals surface area contributed by atoms with E-state index in [0.29, 0.717) is 10.6 Å². The lowest BCUT2D eigenvalue weighted by Crippen LogP contribution is -2.28. The number of benzene rings is 2. The molecule has 5 nitrogen and oxygen atoms in total. The van der Waals surface area contributed by atoms with E-state index in [2.05, 4.69) is 14.7 Å². The highest BCUT2D eigenvalue weighted by atomic mass is 31.2. The van der Waals surface area contributed by atoms with Gasteiger partial charge in [-0.15, -0.1) is 0 Å². The molecule has 0 aliphatic rings. The van der Waals surface area contributed by atoms with E-state index < -0.39 is 13.1 Å². The molecule has 24 heavy (non-hydrogen) atoms. The third-order valence-electron chi connectivity index (χ3n) is 3.58. The average Bonchev–Trinajstić information content (AvgIpc) is 2.68. The highest BCUT2D eigenvalue weighted by molar-refractivity contribution is 7.85. The Morgan fingerprint density at radius 2 is 1.46 bits per heavy atom. The molecule has 6 heteroatoms. The molecule has 0 aliphatic heterocycles. The summed E-state index contributed by atoms with van der Waals surface area (Å²) >= 11 is 0. The van der Waals surface area contributed by atoms with Crippen molar-refractivity contribution in [2.45, 2.75) is 0 Å². The Hall–Kier alpha value is -2.78. The van der Waals surface area contributed by atoms with Crippen LogP contribution in [0.3, 0.4) is 0 Å². The number of hydrogen-bond acceptors (Lipinski definition) is 5. The third kappa shape index (κ3) is 2.86. The highest BCUT2D eigenvalue weighted by Crippen LogP contribution is 2.41. The number of rotatable bonds is 4. The van der Waals surface area contributed by atoms with Gasteiger partial charge >= 0.3 is 5.97 Å². The molecule has 0 atom stereocenters. The molecule has 0 radical (unpaired) electrons. The van der Waals surface area contributed by atoms with Crippen LogP contribution in [-0.4, -0.2) is 23.0 Å². The molecule has 0 aliphatic carbocycles. The first kappa shape index (κ1) is 16.1. The third-order valence-corrected chi connectivity index (χ3v) is 6.49. The Balaban J connectivity index is 2.24. The largest absolute Gasteiger partial charge is 0.464 e. The summed E-state index contributed by atoms with van der Waals surface area (Å²) in [6.07, 6.45) is 2.74. The van der Waals surface area contributed by atoms with Crippen LogP contribution in [0.5, 0.6) is 0 Å². The fourth-order valence-electron chi connectivity index (χ4n) is 2.40. The summed E-state index contributed by atoms with van der Waals surface area (Å²) in [5.41, 5.74) is 0.282.